The first-order valence-corrected chi connectivity index (χ1v) is 4.83. The summed E-state index contributed by atoms with van der Waals surface area (Å²) in [6, 6.07) is 7.39. The number of rotatable bonds is 1. The van der Waals surface area contributed by atoms with Gasteiger partial charge in [-0.1, -0.05) is 12.1 Å². The molecule has 2 aromatic heterocycles. The number of hydrogen-bond acceptors (Lipinski definition) is 3. The third-order valence-electron chi connectivity index (χ3n) is 2.32. The minimum Gasteiger partial charge on any atom is -0.343 e. The first-order valence-electron chi connectivity index (χ1n) is 4.83. The van der Waals surface area contributed by atoms with Gasteiger partial charge in [-0.3, -0.25) is 4.79 Å². The highest BCUT2D eigenvalue weighted by molar-refractivity contribution is 5.75. The van der Waals surface area contributed by atoms with E-state index in [1.807, 2.05) is 24.3 Å². The molecule has 5 nitrogen and oxygen atoms in total. The number of aromatic nitrogens is 4. The minimum atomic E-state index is -0.242. The molecule has 2 heterocycles. The number of hydrogen-bond donors (Lipinski definition) is 2. The van der Waals surface area contributed by atoms with Crippen LogP contribution in [0.1, 0.15) is 0 Å². The van der Waals surface area contributed by atoms with Crippen LogP contribution in [0.5, 0.6) is 0 Å². The summed E-state index contributed by atoms with van der Waals surface area (Å²) in [5, 5.41) is 0. The topological polar surface area (TPSA) is 74.4 Å². The molecule has 16 heavy (non-hydrogen) atoms. The van der Waals surface area contributed by atoms with Crippen LogP contribution in [-0.4, -0.2) is 19.9 Å². The Morgan fingerprint density at radius 1 is 1.19 bits per heavy atom. The molecule has 0 atom stereocenters. The second kappa shape index (κ2) is 3.30. The summed E-state index contributed by atoms with van der Waals surface area (Å²) in [6.45, 7) is 0. The highest BCUT2D eigenvalue weighted by atomic mass is 16.1. The summed E-state index contributed by atoms with van der Waals surface area (Å²) in [5.41, 5.74) is 1.54. The van der Waals surface area contributed by atoms with Gasteiger partial charge in [0.05, 0.1) is 11.0 Å². The Bertz CT molecular complexity index is 685. The van der Waals surface area contributed by atoms with Crippen molar-refractivity contribution in [2.24, 2.45) is 0 Å². The molecule has 3 rings (SSSR count). The molecule has 0 spiro atoms. The fourth-order valence-electron chi connectivity index (χ4n) is 1.58. The van der Waals surface area contributed by atoms with Gasteiger partial charge in [0.1, 0.15) is 0 Å². The molecule has 0 unspecified atom stereocenters. The highest BCUT2D eigenvalue weighted by Gasteiger charge is 2.08. The first-order chi connectivity index (χ1) is 7.84. The molecule has 0 aliphatic carbocycles. The van der Waals surface area contributed by atoms with E-state index in [1.165, 1.54) is 0 Å². The van der Waals surface area contributed by atoms with Gasteiger partial charge in [0, 0.05) is 12.4 Å². The normalized spacial score (nSPS) is 10.8. The Kier molecular flexibility index (Phi) is 1.83. The van der Waals surface area contributed by atoms with Gasteiger partial charge in [0.15, 0.2) is 11.5 Å². The molecule has 0 saturated carbocycles. The molecule has 5 heteroatoms. The van der Waals surface area contributed by atoms with Crippen molar-refractivity contribution in [2.75, 3.05) is 0 Å². The lowest BCUT2D eigenvalue weighted by molar-refractivity contribution is 1.17. The second-order valence-corrected chi connectivity index (χ2v) is 3.37. The van der Waals surface area contributed by atoms with E-state index < -0.39 is 0 Å². The molecule has 0 amide bonds. The van der Waals surface area contributed by atoms with Crippen molar-refractivity contribution in [3.05, 3.63) is 47.0 Å². The lowest BCUT2D eigenvalue weighted by atomic mass is 10.3. The van der Waals surface area contributed by atoms with E-state index in [9.17, 15) is 4.79 Å². The van der Waals surface area contributed by atoms with Crippen LogP contribution in [0.3, 0.4) is 0 Å². The van der Waals surface area contributed by atoms with Gasteiger partial charge >= 0.3 is 0 Å². The van der Waals surface area contributed by atoms with Crippen LogP contribution in [-0.2, 0) is 0 Å². The number of nitrogens with one attached hydrogen (secondary N) is 2. The molecule has 3 aromatic rings. The summed E-state index contributed by atoms with van der Waals surface area (Å²) in [4.78, 5) is 25.7. The zero-order chi connectivity index (χ0) is 11.0. The van der Waals surface area contributed by atoms with Gasteiger partial charge in [-0.05, 0) is 12.1 Å². The summed E-state index contributed by atoms with van der Waals surface area (Å²) in [6.07, 6.45) is 3.25. The van der Waals surface area contributed by atoms with Crippen LogP contribution in [0.15, 0.2) is 41.5 Å². The van der Waals surface area contributed by atoms with E-state index in [-0.39, 0.29) is 5.56 Å². The second-order valence-electron chi connectivity index (χ2n) is 3.37. The molecule has 78 valence electrons. The Labute approximate surface area is 90.2 Å². The number of imidazole rings is 1. The Balaban J connectivity index is 2.34. The molecule has 1 aromatic carbocycles. The Morgan fingerprint density at radius 2 is 2.06 bits per heavy atom. The van der Waals surface area contributed by atoms with E-state index in [2.05, 4.69) is 19.9 Å². The lowest BCUT2D eigenvalue weighted by Crippen LogP contribution is -2.12. The van der Waals surface area contributed by atoms with Gasteiger partial charge in [0.2, 0.25) is 0 Å². The number of nitrogens with zero attached hydrogens (tertiary/aromatic N) is 2. The Hall–Kier alpha value is -2.43. The summed E-state index contributed by atoms with van der Waals surface area (Å²) < 4.78 is 0. The van der Waals surface area contributed by atoms with Crippen molar-refractivity contribution in [1.82, 2.24) is 19.9 Å². The lowest BCUT2D eigenvalue weighted by Gasteiger charge is -1.99. The number of benzene rings is 1. The molecule has 0 aliphatic heterocycles. The number of fused-ring (bicyclic) bond motifs is 1. The predicted molar refractivity (Wildman–Crippen MR) is 59.9 cm³/mol. The monoisotopic (exact) mass is 212 g/mol. The van der Waals surface area contributed by atoms with Crippen LogP contribution in [0.4, 0.5) is 0 Å². The van der Waals surface area contributed by atoms with Crippen LogP contribution in [0, 0.1) is 0 Å². The van der Waals surface area contributed by atoms with Crippen LogP contribution in [0.2, 0.25) is 0 Å². The third kappa shape index (κ3) is 1.30. The highest BCUT2D eigenvalue weighted by Crippen LogP contribution is 2.11. The van der Waals surface area contributed by atoms with E-state index in [1.54, 1.807) is 12.4 Å². The van der Waals surface area contributed by atoms with E-state index in [0.29, 0.717) is 11.5 Å². The molecular weight excluding hydrogens is 204 g/mol. The standard InChI is InChI=1S/C11H8N4O/c16-11-9(10-12-5-6-13-10)14-7-3-1-2-4-8(7)15-11/h1-6H,(H,12,13)(H,15,16). The van der Waals surface area contributed by atoms with Crippen molar-refractivity contribution >= 4 is 11.0 Å². The van der Waals surface area contributed by atoms with Crippen LogP contribution in [0.25, 0.3) is 22.6 Å². The van der Waals surface area contributed by atoms with Gasteiger partial charge in [-0.15, -0.1) is 0 Å². The van der Waals surface area contributed by atoms with Crippen LogP contribution < -0.4 is 5.56 Å². The molecule has 0 fully saturated rings. The van der Waals surface area contributed by atoms with Gasteiger partial charge in [-0.2, -0.15) is 0 Å². The maximum atomic E-state index is 11.8. The molecule has 0 saturated heterocycles. The molecule has 2 N–H and O–H groups in total. The van der Waals surface area contributed by atoms with E-state index in [0.717, 1.165) is 11.0 Å². The fraction of sp³-hybridized carbons (Fsp3) is 0. The zero-order valence-corrected chi connectivity index (χ0v) is 8.27. The minimum absolute atomic E-state index is 0.242. The Morgan fingerprint density at radius 3 is 2.88 bits per heavy atom. The van der Waals surface area contributed by atoms with Gasteiger partial charge in [0.25, 0.3) is 5.56 Å². The number of H-pyrrole nitrogens is 2. The maximum Gasteiger partial charge on any atom is 0.278 e. The van der Waals surface area contributed by atoms with E-state index in [4.69, 9.17) is 0 Å². The maximum absolute atomic E-state index is 11.8. The van der Waals surface area contributed by atoms with Crippen molar-refractivity contribution in [1.29, 1.82) is 0 Å². The molecule has 0 bridgehead atoms. The third-order valence-corrected chi connectivity index (χ3v) is 2.32. The summed E-state index contributed by atoms with van der Waals surface area (Å²) in [5.74, 6) is 0.479. The van der Waals surface area contributed by atoms with Gasteiger partial charge in [-0.25, -0.2) is 9.97 Å². The van der Waals surface area contributed by atoms with Crippen molar-refractivity contribution in [2.45, 2.75) is 0 Å². The van der Waals surface area contributed by atoms with Crippen LogP contribution >= 0.6 is 0 Å². The van der Waals surface area contributed by atoms with E-state index >= 15 is 0 Å². The van der Waals surface area contributed by atoms with Gasteiger partial charge < -0.3 is 9.97 Å². The molecule has 0 radical (unpaired) electrons. The predicted octanol–water partition coefficient (Wildman–Crippen LogP) is 1.31. The molecule has 0 aliphatic rings. The summed E-state index contributed by atoms with van der Waals surface area (Å²) in [7, 11) is 0. The molecular formula is C11H8N4O. The average molecular weight is 212 g/mol. The van der Waals surface area contributed by atoms with Crippen molar-refractivity contribution < 1.29 is 0 Å². The smallest absolute Gasteiger partial charge is 0.278 e. The largest absolute Gasteiger partial charge is 0.343 e. The summed E-state index contributed by atoms with van der Waals surface area (Å²) >= 11 is 0. The zero-order valence-electron chi connectivity index (χ0n) is 8.27. The average Bonchev–Trinajstić information content (AvgIpc) is 2.81. The number of para-hydroxylation sites is 2. The quantitative estimate of drug-likeness (QED) is 0.638. The van der Waals surface area contributed by atoms with Crippen molar-refractivity contribution in [3.8, 4) is 11.5 Å². The SMILES string of the molecule is O=c1[nH]c2ccccc2nc1-c1ncc[nH]1. The first kappa shape index (κ1) is 8.84. The number of aromatic amines is 2. The van der Waals surface area contributed by atoms with Crippen molar-refractivity contribution in [3.63, 3.8) is 0 Å². The fourth-order valence-corrected chi connectivity index (χ4v) is 1.58.